The molecule has 3 unspecified atom stereocenters. The number of piperazine rings is 1. The topological polar surface area (TPSA) is 133 Å². The van der Waals surface area contributed by atoms with E-state index in [0.717, 1.165) is 45.3 Å². The van der Waals surface area contributed by atoms with Crippen molar-refractivity contribution < 1.29 is 23.4 Å². The minimum absolute atomic E-state index is 0.00319. The van der Waals surface area contributed by atoms with Crippen LogP contribution in [0, 0.1) is 23.0 Å². The number of nitriles is 1. The molecule has 4 N–H and O–H groups in total. The van der Waals surface area contributed by atoms with Gasteiger partial charge in [0, 0.05) is 46.4 Å². The molecule has 2 aromatic carbocycles. The molecule has 4 aliphatic heterocycles. The number of nitrogen functional groups attached to an aromatic ring is 1. The molecule has 0 aliphatic carbocycles. The lowest BCUT2D eigenvalue weighted by Crippen LogP contribution is -2.52. The highest BCUT2D eigenvalue weighted by molar-refractivity contribution is 7.23. The van der Waals surface area contributed by atoms with Gasteiger partial charge >= 0.3 is 6.01 Å². The number of likely N-dealkylation sites (tertiary alicyclic amines) is 1. The normalized spacial score (nSPS) is 24.6. The summed E-state index contributed by atoms with van der Waals surface area (Å²) in [5, 5.41) is 24.8. The molecule has 8 rings (SSSR count). The maximum absolute atomic E-state index is 17.3. The number of anilines is 2. The first kappa shape index (κ1) is 28.8. The number of rotatable bonds is 6. The van der Waals surface area contributed by atoms with Gasteiger partial charge in [0.15, 0.2) is 5.82 Å². The third-order valence-electron chi connectivity index (χ3n) is 10.3. The van der Waals surface area contributed by atoms with E-state index in [1.807, 2.05) is 7.05 Å². The van der Waals surface area contributed by atoms with E-state index in [-0.39, 0.29) is 77.1 Å². The standard InChI is InChI=1S/C32H33F2N7O3S/c1-40-8-2-7-32(40,14-42)15-44-31-38-28-25(30(39-31)41-16-3-4-17(41)11-37-10-16)20-13-43-12-19(20)24(27(28)34)26-21(33)5-6-22-23(26)18(9-35)29(36)45-22/h5-6,16-17,37,42H,2-4,7-8,10-15,36H2,1H3. The number of nitrogens with zero attached hydrogens (tertiary/aromatic N) is 5. The second-order valence-electron chi connectivity index (χ2n) is 12.6. The van der Waals surface area contributed by atoms with Crippen molar-refractivity contribution in [3.63, 3.8) is 0 Å². The fourth-order valence-electron chi connectivity index (χ4n) is 7.87. The van der Waals surface area contributed by atoms with Crippen LogP contribution in [0.4, 0.5) is 19.6 Å². The quantitative estimate of drug-likeness (QED) is 0.286. The molecule has 0 spiro atoms. The summed E-state index contributed by atoms with van der Waals surface area (Å²) >= 11 is 1.17. The molecule has 0 amide bonds. The highest BCUT2D eigenvalue weighted by Crippen LogP contribution is 2.49. The number of ether oxygens (including phenoxy) is 2. The summed E-state index contributed by atoms with van der Waals surface area (Å²) in [5.74, 6) is -0.797. The van der Waals surface area contributed by atoms with E-state index in [4.69, 9.17) is 20.2 Å². The van der Waals surface area contributed by atoms with Crippen LogP contribution < -0.4 is 20.7 Å². The number of likely N-dealkylation sites (N-methyl/N-ethyl adjacent to an activating group) is 1. The Labute approximate surface area is 262 Å². The number of aliphatic hydroxyl groups excluding tert-OH is 1. The first-order valence-electron chi connectivity index (χ1n) is 15.3. The fourth-order valence-corrected chi connectivity index (χ4v) is 8.80. The van der Waals surface area contributed by atoms with Crippen molar-refractivity contribution in [2.45, 2.75) is 56.5 Å². The number of thiophene rings is 1. The molecule has 2 bridgehead atoms. The molecule has 3 fully saturated rings. The number of fused-ring (bicyclic) bond motifs is 6. The zero-order valence-electron chi connectivity index (χ0n) is 24.8. The number of hydrogen-bond donors (Lipinski definition) is 3. The van der Waals surface area contributed by atoms with Crippen LogP contribution in [0.1, 0.15) is 42.4 Å². The Morgan fingerprint density at radius 3 is 2.67 bits per heavy atom. The second-order valence-corrected chi connectivity index (χ2v) is 13.7. The second kappa shape index (κ2) is 10.7. The SMILES string of the molecule is CN1CCCC1(CO)COc1nc(N2C3CCC2CNC3)c2c3c(c(-c4c(F)ccc5sc(N)c(C#N)c45)c(F)c2n1)COC3. The van der Waals surface area contributed by atoms with E-state index in [0.29, 0.717) is 27.0 Å². The number of nitrogens with one attached hydrogen (secondary N) is 1. The van der Waals surface area contributed by atoms with Gasteiger partial charge in [-0.1, -0.05) is 0 Å². The Morgan fingerprint density at radius 2 is 1.96 bits per heavy atom. The number of aromatic nitrogens is 2. The zero-order valence-corrected chi connectivity index (χ0v) is 25.6. The number of aliphatic hydroxyl groups is 1. The van der Waals surface area contributed by atoms with E-state index >= 15 is 8.78 Å². The fraction of sp³-hybridized carbons (Fsp3) is 0.469. The summed E-state index contributed by atoms with van der Waals surface area (Å²) in [5.41, 5.74) is 6.94. The molecule has 4 aromatic rings. The summed E-state index contributed by atoms with van der Waals surface area (Å²) in [4.78, 5) is 14.0. The van der Waals surface area contributed by atoms with E-state index < -0.39 is 17.2 Å². The Morgan fingerprint density at radius 1 is 1.18 bits per heavy atom. The van der Waals surface area contributed by atoms with Crippen LogP contribution in [0.2, 0.25) is 0 Å². The molecular weight excluding hydrogens is 600 g/mol. The van der Waals surface area contributed by atoms with E-state index in [9.17, 15) is 10.4 Å². The summed E-state index contributed by atoms with van der Waals surface area (Å²) in [6.45, 7) is 2.69. The van der Waals surface area contributed by atoms with Crippen LogP contribution in [0.15, 0.2) is 12.1 Å². The molecule has 2 aromatic heterocycles. The van der Waals surface area contributed by atoms with Crippen molar-refractivity contribution in [2.24, 2.45) is 0 Å². The maximum Gasteiger partial charge on any atom is 0.319 e. The van der Waals surface area contributed by atoms with Crippen LogP contribution in [0.5, 0.6) is 6.01 Å². The molecular formula is C32H33F2N7O3S. The van der Waals surface area contributed by atoms with Crippen molar-refractivity contribution in [1.29, 1.82) is 5.26 Å². The van der Waals surface area contributed by atoms with Gasteiger partial charge in [0.05, 0.1) is 36.3 Å². The molecule has 234 valence electrons. The smallest absolute Gasteiger partial charge is 0.319 e. The number of halogens is 2. The Balaban J connectivity index is 1.39. The van der Waals surface area contributed by atoms with Crippen LogP contribution in [0.25, 0.3) is 32.1 Å². The summed E-state index contributed by atoms with van der Waals surface area (Å²) in [6, 6.07) is 5.28. The Bertz CT molecular complexity index is 1900. The van der Waals surface area contributed by atoms with Crippen LogP contribution in [-0.4, -0.2) is 77.5 Å². The van der Waals surface area contributed by atoms with E-state index in [1.54, 1.807) is 6.07 Å². The molecule has 45 heavy (non-hydrogen) atoms. The predicted molar refractivity (Wildman–Crippen MR) is 167 cm³/mol. The van der Waals surface area contributed by atoms with Crippen molar-refractivity contribution >= 4 is 43.1 Å². The maximum atomic E-state index is 17.3. The van der Waals surface area contributed by atoms with Gasteiger partial charge < -0.3 is 30.5 Å². The van der Waals surface area contributed by atoms with Crippen molar-refractivity contribution in [1.82, 2.24) is 20.2 Å². The lowest BCUT2D eigenvalue weighted by atomic mass is 9.90. The molecule has 13 heteroatoms. The minimum atomic E-state index is -0.722. The minimum Gasteiger partial charge on any atom is -0.461 e. The van der Waals surface area contributed by atoms with Crippen LogP contribution in [0.3, 0.4) is 0 Å². The van der Waals surface area contributed by atoms with Gasteiger partial charge in [-0.25, -0.2) is 8.78 Å². The first-order chi connectivity index (χ1) is 21.8. The summed E-state index contributed by atoms with van der Waals surface area (Å²) < 4.78 is 45.9. The van der Waals surface area contributed by atoms with E-state index in [2.05, 4.69) is 26.2 Å². The average molecular weight is 634 g/mol. The monoisotopic (exact) mass is 633 g/mol. The summed E-state index contributed by atoms with van der Waals surface area (Å²) in [6.07, 6.45) is 3.62. The molecule has 0 saturated carbocycles. The first-order valence-corrected chi connectivity index (χ1v) is 16.1. The lowest BCUT2D eigenvalue weighted by molar-refractivity contribution is 0.0363. The Hall–Kier alpha value is -3.67. The van der Waals surface area contributed by atoms with Gasteiger partial charge in [-0.05, 0) is 62.5 Å². The van der Waals surface area contributed by atoms with E-state index in [1.165, 1.54) is 17.4 Å². The third-order valence-corrected chi connectivity index (χ3v) is 11.3. The number of hydrogen-bond acceptors (Lipinski definition) is 11. The molecule has 3 saturated heterocycles. The molecule has 3 atom stereocenters. The largest absolute Gasteiger partial charge is 0.461 e. The van der Waals surface area contributed by atoms with Gasteiger partial charge in [-0.3, -0.25) is 4.90 Å². The van der Waals surface area contributed by atoms with Gasteiger partial charge in [0.25, 0.3) is 0 Å². The van der Waals surface area contributed by atoms with Crippen molar-refractivity contribution in [2.75, 3.05) is 50.5 Å². The predicted octanol–water partition coefficient (Wildman–Crippen LogP) is 4.05. The number of benzene rings is 2. The van der Waals surface area contributed by atoms with Crippen LogP contribution >= 0.6 is 11.3 Å². The lowest BCUT2D eigenvalue weighted by Gasteiger charge is -2.37. The molecule has 0 radical (unpaired) electrons. The summed E-state index contributed by atoms with van der Waals surface area (Å²) in [7, 11) is 1.95. The average Bonchev–Trinajstić information content (AvgIpc) is 3.80. The molecule has 4 aliphatic rings. The highest BCUT2D eigenvalue weighted by atomic mass is 32.1. The van der Waals surface area contributed by atoms with Gasteiger partial charge in [0.1, 0.15) is 34.8 Å². The van der Waals surface area contributed by atoms with Crippen LogP contribution in [-0.2, 0) is 18.0 Å². The molecule has 6 heterocycles. The highest BCUT2D eigenvalue weighted by Gasteiger charge is 2.42. The van der Waals surface area contributed by atoms with Crippen molar-refractivity contribution in [3.05, 3.63) is 40.5 Å². The van der Waals surface area contributed by atoms with Gasteiger partial charge in [0.2, 0.25) is 0 Å². The third kappa shape index (κ3) is 4.23. The van der Waals surface area contributed by atoms with Gasteiger partial charge in [-0.2, -0.15) is 15.2 Å². The van der Waals surface area contributed by atoms with Gasteiger partial charge in [-0.15, -0.1) is 11.3 Å². The zero-order chi connectivity index (χ0) is 31.0. The Kier molecular flexibility index (Phi) is 6.85. The molecule has 10 nitrogen and oxygen atoms in total. The van der Waals surface area contributed by atoms with Crippen molar-refractivity contribution in [3.8, 4) is 23.2 Å². The number of nitrogens with two attached hydrogens (primary N) is 1.